The van der Waals surface area contributed by atoms with Crippen molar-refractivity contribution in [1.82, 2.24) is 5.16 Å². The van der Waals surface area contributed by atoms with E-state index < -0.39 is 6.10 Å². The van der Waals surface area contributed by atoms with Crippen LogP contribution in [0.4, 0.5) is 5.82 Å². The monoisotopic (exact) mass is 224 g/mol. The highest BCUT2D eigenvalue weighted by Gasteiger charge is 2.14. The molecular formula is C11H16N2O3. The first-order valence-electron chi connectivity index (χ1n) is 5.10. The number of aromatic nitrogens is 1. The number of nitrogens with zero attached hydrogens (tertiary/aromatic N) is 1. The first kappa shape index (κ1) is 12.4. The van der Waals surface area contributed by atoms with Crippen LogP contribution in [0.25, 0.3) is 0 Å². The van der Waals surface area contributed by atoms with Gasteiger partial charge in [-0.1, -0.05) is 11.2 Å². The molecule has 5 heteroatoms. The second kappa shape index (κ2) is 6.07. The fourth-order valence-electron chi connectivity index (χ4n) is 1.06. The zero-order chi connectivity index (χ0) is 12.0. The minimum absolute atomic E-state index is 0.239. The number of rotatable bonds is 6. The van der Waals surface area contributed by atoms with E-state index in [4.69, 9.17) is 9.26 Å². The quantitative estimate of drug-likeness (QED) is 0.592. The molecule has 1 heterocycles. The maximum absolute atomic E-state index is 11.6. The molecule has 1 amide bonds. The van der Waals surface area contributed by atoms with E-state index in [2.05, 4.69) is 17.1 Å². The third-order valence-corrected chi connectivity index (χ3v) is 1.94. The Morgan fingerprint density at radius 3 is 3.12 bits per heavy atom. The molecule has 0 aliphatic rings. The summed E-state index contributed by atoms with van der Waals surface area (Å²) in [5, 5.41) is 6.25. The van der Waals surface area contributed by atoms with Gasteiger partial charge in [0, 0.05) is 6.07 Å². The highest BCUT2D eigenvalue weighted by Crippen LogP contribution is 2.08. The molecular weight excluding hydrogens is 208 g/mol. The number of aryl methyl sites for hydroxylation is 1. The second-order valence-electron chi connectivity index (χ2n) is 3.40. The van der Waals surface area contributed by atoms with Crippen LogP contribution in [-0.2, 0) is 9.53 Å². The largest absolute Gasteiger partial charge is 0.368 e. The molecule has 0 aromatic carbocycles. The summed E-state index contributed by atoms with van der Waals surface area (Å²) in [4.78, 5) is 11.6. The maximum Gasteiger partial charge on any atom is 0.254 e. The van der Waals surface area contributed by atoms with E-state index in [-0.39, 0.29) is 5.91 Å². The lowest BCUT2D eigenvalue weighted by atomic mass is 10.3. The van der Waals surface area contributed by atoms with E-state index in [1.165, 1.54) is 0 Å². The summed E-state index contributed by atoms with van der Waals surface area (Å²) in [6.07, 6.45) is 1.95. The van der Waals surface area contributed by atoms with Gasteiger partial charge >= 0.3 is 0 Å². The Morgan fingerprint density at radius 2 is 2.56 bits per heavy atom. The van der Waals surface area contributed by atoms with E-state index in [0.29, 0.717) is 18.2 Å². The maximum atomic E-state index is 11.6. The van der Waals surface area contributed by atoms with Crippen molar-refractivity contribution in [3.05, 3.63) is 24.5 Å². The minimum Gasteiger partial charge on any atom is -0.368 e. The van der Waals surface area contributed by atoms with Gasteiger partial charge in [-0.05, 0) is 20.3 Å². The molecule has 0 saturated heterocycles. The van der Waals surface area contributed by atoms with Gasteiger partial charge in [-0.3, -0.25) is 4.79 Å². The van der Waals surface area contributed by atoms with Crippen LogP contribution in [0.5, 0.6) is 0 Å². The molecule has 0 fully saturated rings. The lowest BCUT2D eigenvalue weighted by Crippen LogP contribution is -2.28. The number of nitrogens with one attached hydrogen (secondary N) is 1. The molecule has 0 spiro atoms. The van der Waals surface area contributed by atoms with Crippen molar-refractivity contribution in [1.29, 1.82) is 0 Å². The number of hydrogen-bond acceptors (Lipinski definition) is 4. The summed E-state index contributed by atoms with van der Waals surface area (Å²) in [5.74, 6) is 0.814. The average Bonchev–Trinajstić information content (AvgIpc) is 2.64. The molecule has 0 saturated carbocycles. The van der Waals surface area contributed by atoms with Crippen LogP contribution in [0.2, 0.25) is 0 Å². The van der Waals surface area contributed by atoms with Crippen molar-refractivity contribution in [2.75, 3.05) is 11.9 Å². The Bertz CT molecular complexity index is 360. The van der Waals surface area contributed by atoms with Crippen LogP contribution < -0.4 is 5.32 Å². The standard InChI is InChI=1S/C11H16N2O3/c1-4-5-6-15-9(3)11(14)12-10-7-8(2)16-13-10/h4,7,9H,1,5-6H2,2-3H3,(H,12,13,14). The van der Waals surface area contributed by atoms with Crippen LogP contribution in [0.3, 0.4) is 0 Å². The van der Waals surface area contributed by atoms with E-state index >= 15 is 0 Å². The lowest BCUT2D eigenvalue weighted by molar-refractivity contribution is -0.126. The first-order chi connectivity index (χ1) is 7.63. The molecule has 0 aliphatic carbocycles. The van der Waals surface area contributed by atoms with E-state index in [0.717, 1.165) is 6.42 Å². The summed E-state index contributed by atoms with van der Waals surface area (Å²) >= 11 is 0. The van der Waals surface area contributed by atoms with E-state index in [1.807, 2.05) is 0 Å². The number of carbonyl (C=O) groups is 1. The third kappa shape index (κ3) is 3.86. The average molecular weight is 224 g/mol. The summed E-state index contributed by atoms with van der Waals surface area (Å²) in [6.45, 7) is 7.49. The van der Waals surface area contributed by atoms with Gasteiger partial charge in [0.2, 0.25) is 0 Å². The van der Waals surface area contributed by atoms with Gasteiger partial charge in [-0.25, -0.2) is 0 Å². The predicted octanol–water partition coefficient (Wildman–Crippen LogP) is 1.90. The van der Waals surface area contributed by atoms with Crippen LogP contribution in [0.1, 0.15) is 19.1 Å². The molecule has 5 nitrogen and oxygen atoms in total. The fourth-order valence-corrected chi connectivity index (χ4v) is 1.06. The zero-order valence-electron chi connectivity index (χ0n) is 9.53. The van der Waals surface area contributed by atoms with Crippen molar-refractivity contribution in [3.8, 4) is 0 Å². The topological polar surface area (TPSA) is 64.4 Å². The lowest BCUT2D eigenvalue weighted by Gasteiger charge is -2.10. The number of ether oxygens (including phenoxy) is 1. The minimum atomic E-state index is -0.517. The zero-order valence-corrected chi connectivity index (χ0v) is 9.53. The Morgan fingerprint density at radius 1 is 1.81 bits per heavy atom. The van der Waals surface area contributed by atoms with Crippen LogP contribution in [-0.4, -0.2) is 23.8 Å². The van der Waals surface area contributed by atoms with Crippen LogP contribution in [0, 0.1) is 6.92 Å². The van der Waals surface area contributed by atoms with E-state index in [1.54, 1.807) is 26.0 Å². The molecule has 1 atom stereocenters. The fraction of sp³-hybridized carbons (Fsp3) is 0.455. The molecule has 16 heavy (non-hydrogen) atoms. The summed E-state index contributed by atoms with van der Waals surface area (Å²) in [5.41, 5.74) is 0. The summed E-state index contributed by atoms with van der Waals surface area (Å²) < 4.78 is 10.1. The van der Waals surface area contributed by atoms with Gasteiger partial charge in [0.15, 0.2) is 5.82 Å². The SMILES string of the molecule is C=CCCOC(C)C(=O)Nc1cc(C)on1. The Hall–Kier alpha value is -1.62. The highest BCUT2D eigenvalue weighted by molar-refractivity contribution is 5.92. The van der Waals surface area contributed by atoms with Gasteiger partial charge < -0.3 is 14.6 Å². The molecule has 1 N–H and O–H groups in total. The van der Waals surface area contributed by atoms with Gasteiger partial charge in [-0.2, -0.15) is 0 Å². The molecule has 1 rings (SSSR count). The summed E-state index contributed by atoms with van der Waals surface area (Å²) in [6, 6.07) is 1.65. The second-order valence-corrected chi connectivity index (χ2v) is 3.40. The van der Waals surface area contributed by atoms with Crippen LogP contribution >= 0.6 is 0 Å². The van der Waals surface area contributed by atoms with Crippen molar-refractivity contribution in [3.63, 3.8) is 0 Å². The highest BCUT2D eigenvalue weighted by atomic mass is 16.5. The summed E-state index contributed by atoms with van der Waals surface area (Å²) in [7, 11) is 0. The van der Waals surface area contributed by atoms with Gasteiger partial charge in [0.25, 0.3) is 5.91 Å². The molecule has 1 unspecified atom stereocenters. The molecule has 88 valence electrons. The van der Waals surface area contributed by atoms with Gasteiger partial charge in [0.05, 0.1) is 6.61 Å². The first-order valence-corrected chi connectivity index (χ1v) is 5.10. The molecule has 0 aliphatic heterocycles. The van der Waals surface area contributed by atoms with Gasteiger partial charge in [-0.15, -0.1) is 6.58 Å². The number of carbonyl (C=O) groups excluding carboxylic acids is 1. The van der Waals surface area contributed by atoms with Crippen molar-refractivity contribution < 1.29 is 14.1 Å². The molecule has 1 aromatic rings. The van der Waals surface area contributed by atoms with Gasteiger partial charge in [0.1, 0.15) is 11.9 Å². The predicted molar refractivity (Wildman–Crippen MR) is 60.1 cm³/mol. The van der Waals surface area contributed by atoms with Crippen molar-refractivity contribution in [2.45, 2.75) is 26.4 Å². The van der Waals surface area contributed by atoms with E-state index in [9.17, 15) is 4.79 Å². The molecule has 1 aromatic heterocycles. The number of hydrogen-bond donors (Lipinski definition) is 1. The molecule has 0 radical (unpaired) electrons. The smallest absolute Gasteiger partial charge is 0.254 e. The Balaban J connectivity index is 2.36. The van der Waals surface area contributed by atoms with Crippen LogP contribution in [0.15, 0.2) is 23.2 Å². The van der Waals surface area contributed by atoms with Crippen molar-refractivity contribution >= 4 is 11.7 Å². The Labute approximate surface area is 94.5 Å². The number of anilines is 1. The number of amides is 1. The normalized spacial score (nSPS) is 12.1. The molecule has 0 bridgehead atoms. The van der Waals surface area contributed by atoms with Crippen molar-refractivity contribution in [2.24, 2.45) is 0 Å². The Kier molecular flexibility index (Phi) is 4.72. The third-order valence-electron chi connectivity index (χ3n) is 1.94.